The Balaban J connectivity index is 1.24. The summed E-state index contributed by atoms with van der Waals surface area (Å²) in [5.41, 5.74) is 0.493. The van der Waals surface area contributed by atoms with Gasteiger partial charge < -0.3 is 39.6 Å². The van der Waals surface area contributed by atoms with Gasteiger partial charge in [-0.3, -0.25) is 23.7 Å². The Kier molecular flexibility index (Phi) is 16.4. The van der Waals surface area contributed by atoms with Crippen LogP contribution in [0.2, 0.25) is 0 Å². The van der Waals surface area contributed by atoms with Crippen LogP contribution in [0.15, 0.2) is 36.4 Å². The molecule has 1 amide bonds. The van der Waals surface area contributed by atoms with Crippen molar-refractivity contribution in [3.63, 3.8) is 0 Å². The van der Waals surface area contributed by atoms with Gasteiger partial charge in [0.05, 0.1) is 24.5 Å². The van der Waals surface area contributed by atoms with Crippen molar-refractivity contribution in [3.8, 4) is 5.75 Å². The molecule has 1 saturated heterocycles. The molecule has 1 aliphatic heterocycles. The molecule has 0 radical (unpaired) electrons. The molecule has 1 aromatic carbocycles. The Labute approximate surface area is 376 Å². The van der Waals surface area contributed by atoms with E-state index >= 15 is 0 Å². The topological polar surface area (TPSA) is 278 Å². The molecule has 12 unspecified atom stereocenters. The van der Waals surface area contributed by atoms with Gasteiger partial charge in [-0.1, -0.05) is 39.5 Å². The number of benzene rings is 1. The minimum absolute atomic E-state index is 0.0175. The van der Waals surface area contributed by atoms with Gasteiger partial charge in [0.1, 0.15) is 18.5 Å². The Morgan fingerprint density at radius 3 is 2.42 bits per heavy atom. The third kappa shape index (κ3) is 11.6. The van der Waals surface area contributed by atoms with Gasteiger partial charge in [0, 0.05) is 37.7 Å². The second kappa shape index (κ2) is 21.0. The number of phenolic OH excluding ortho intramolecular Hbond substituents is 1. The fraction of sp³-hybridized carbons (Fsp3) is 0.714. The first-order chi connectivity index (χ1) is 30.2. The highest BCUT2D eigenvalue weighted by atomic mass is 32.3. The maximum Gasteiger partial charge on any atom is 0.397 e. The predicted molar refractivity (Wildman–Crippen MR) is 221 cm³/mol. The lowest BCUT2D eigenvalue weighted by molar-refractivity contribution is -0.620. The monoisotopic (exact) mass is 945 g/mol. The maximum absolute atomic E-state index is 13.3. The summed E-state index contributed by atoms with van der Waals surface area (Å²) in [4.78, 5) is 57.2. The highest BCUT2D eigenvalue weighted by molar-refractivity contribution is 7.80. The van der Waals surface area contributed by atoms with Crippen molar-refractivity contribution in [2.45, 2.75) is 134 Å². The number of carbonyl (C=O) groups is 4. The van der Waals surface area contributed by atoms with Crippen molar-refractivity contribution in [1.29, 1.82) is 0 Å². The van der Waals surface area contributed by atoms with Crippen LogP contribution in [0.25, 0.3) is 0 Å². The van der Waals surface area contributed by atoms with Crippen LogP contribution in [-0.2, 0) is 78.4 Å². The number of carbonyl (C=O) groups excluding carboxylic acids is 3. The molecule has 1 aromatic rings. The number of amides is 1. The number of carboxylic acid groups (broad SMARTS) is 1. The van der Waals surface area contributed by atoms with Crippen molar-refractivity contribution >= 4 is 47.1 Å². The number of esters is 2. The third-order valence-electron chi connectivity index (χ3n) is 13.9. The van der Waals surface area contributed by atoms with Crippen molar-refractivity contribution in [2.24, 2.45) is 40.4 Å². The minimum atomic E-state index is -5.41. The Morgan fingerprint density at radius 1 is 1.02 bits per heavy atom. The first kappa shape index (κ1) is 50.0. The second-order valence-electron chi connectivity index (χ2n) is 18.3. The van der Waals surface area contributed by atoms with Crippen LogP contribution in [0.3, 0.4) is 0 Å². The summed E-state index contributed by atoms with van der Waals surface area (Å²) in [5.74, 6) is -4.51. The lowest BCUT2D eigenvalue weighted by atomic mass is 9.43. The number of aliphatic carboxylic acids is 1. The number of phenols is 1. The second-order valence-corrected chi connectivity index (χ2v) is 19.5. The normalized spacial score (nSPS) is 34.7. The molecule has 6 rings (SSSR count). The van der Waals surface area contributed by atoms with E-state index in [1.54, 1.807) is 26.0 Å². The molecule has 13 atom stereocenters. The zero-order chi connectivity index (χ0) is 46.6. The lowest BCUT2D eigenvalue weighted by Crippen LogP contribution is -2.64. The van der Waals surface area contributed by atoms with Crippen molar-refractivity contribution < 1.29 is 89.9 Å². The van der Waals surface area contributed by atoms with Crippen molar-refractivity contribution in [3.05, 3.63) is 42.0 Å². The molecule has 22 heteroatoms. The molecule has 4 saturated carbocycles. The largest absolute Gasteiger partial charge is 0.508 e. The number of thiol groups is 1. The van der Waals surface area contributed by atoms with Crippen LogP contribution in [0.4, 0.5) is 0 Å². The zero-order valence-electron chi connectivity index (χ0n) is 35.9. The highest BCUT2D eigenvalue weighted by Crippen LogP contribution is 2.70. The summed E-state index contributed by atoms with van der Waals surface area (Å²) in [6.45, 7) is 9.20. The number of aromatic hydroxyl groups is 1. The van der Waals surface area contributed by atoms with Gasteiger partial charge in [0.2, 0.25) is 5.91 Å². The van der Waals surface area contributed by atoms with Gasteiger partial charge >= 0.3 is 28.3 Å². The Morgan fingerprint density at radius 2 is 1.75 bits per heavy atom. The van der Waals surface area contributed by atoms with E-state index < -0.39 is 107 Å². The SMILES string of the molecule is C=C1C2CCC3C4(C)CC(OC5OC(COC(=O)CCC(=O)NCCc6ccc(O)cc6)C(OOOOS)C(OS(=O)(=O)O)C5OC(=O)CC(C)C)CC(C(=O)O)C4CCC3(C2)[C@H]1O. The van der Waals surface area contributed by atoms with Crippen molar-refractivity contribution in [1.82, 2.24) is 5.32 Å². The van der Waals surface area contributed by atoms with Gasteiger partial charge in [-0.25, -0.2) is 4.18 Å². The summed E-state index contributed by atoms with van der Waals surface area (Å²) in [5, 5.41) is 43.3. The van der Waals surface area contributed by atoms with E-state index in [-0.39, 0.29) is 61.6 Å². The van der Waals surface area contributed by atoms with Crippen LogP contribution in [0.5, 0.6) is 5.75 Å². The number of aliphatic hydroxyl groups excluding tert-OH is 1. The summed E-state index contributed by atoms with van der Waals surface area (Å²) in [7, 11) is -5.41. The van der Waals surface area contributed by atoms with Gasteiger partial charge in [0.25, 0.3) is 0 Å². The number of nitrogens with one attached hydrogen (secondary N) is 1. The average molecular weight is 946 g/mol. The zero-order valence-corrected chi connectivity index (χ0v) is 37.6. The van der Waals surface area contributed by atoms with E-state index in [9.17, 15) is 47.5 Å². The molecule has 5 aliphatic rings. The molecule has 1 heterocycles. The third-order valence-corrected chi connectivity index (χ3v) is 14.5. The van der Waals surface area contributed by atoms with Crippen LogP contribution >= 0.6 is 12.9 Å². The number of fused-ring (bicyclic) bond motifs is 3. The van der Waals surface area contributed by atoms with Crippen LogP contribution in [-0.4, -0.2) is 108 Å². The standard InChI is InChI=1S/C42H59NO19S2/c1-22(2)17-34(47)57-37-36(59-64(51,52)53)35(58-60-61-62-63)30(21-54-33(46)12-11-32(45)43-16-14-24-5-8-26(44)9-6-24)56-40(37)55-27-18-28(39(49)50)29-13-15-42-19-25(23(3)38(42)48)7-10-31(42)41(29,4)20-27/h5-6,8-9,22,25,27-31,35-38,40,44,48,63H,3,7,10-21H2,1-2,4H3,(H,43,45)(H,49,50)(H,51,52,53)/t25?,27?,28?,29?,30?,31?,35?,36?,37?,38-,40?,41?,42?/m0/s1. The summed E-state index contributed by atoms with van der Waals surface area (Å²) in [6, 6.07) is 6.45. The van der Waals surface area contributed by atoms with E-state index in [1.807, 2.05) is 6.92 Å². The fourth-order valence-electron chi connectivity index (χ4n) is 11.3. The summed E-state index contributed by atoms with van der Waals surface area (Å²) in [6.07, 6.45) is -7.50. The Hall–Kier alpha value is -3.42. The fourth-order valence-corrected chi connectivity index (χ4v) is 11.8. The van der Waals surface area contributed by atoms with E-state index in [0.29, 0.717) is 19.3 Å². The van der Waals surface area contributed by atoms with Gasteiger partial charge in [0.15, 0.2) is 24.6 Å². The summed E-state index contributed by atoms with van der Waals surface area (Å²) < 4.78 is 68.2. The molecule has 0 aromatic heterocycles. The number of carboxylic acids is 1. The molecule has 5 N–H and O–H groups in total. The first-order valence-electron chi connectivity index (χ1n) is 21.5. The molecule has 2 bridgehead atoms. The Bertz CT molecular complexity index is 1950. The van der Waals surface area contributed by atoms with E-state index in [4.69, 9.17) is 28.0 Å². The summed E-state index contributed by atoms with van der Waals surface area (Å²) >= 11 is 3.39. The molecule has 1 spiro atoms. The first-order valence-corrected chi connectivity index (χ1v) is 23.2. The van der Waals surface area contributed by atoms with Crippen LogP contribution in [0, 0.1) is 40.4 Å². The maximum atomic E-state index is 13.3. The van der Waals surface area contributed by atoms with E-state index in [2.05, 4.69) is 39.2 Å². The van der Waals surface area contributed by atoms with Gasteiger partial charge in [-0.15, -0.1) is 4.33 Å². The molecule has 358 valence electrons. The minimum Gasteiger partial charge on any atom is -0.508 e. The number of hydrogen-bond acceptors (Lipinski definition) is 18. The molecule has 20 nitrogen and oxygen atoms in total. The number of aliphatic hydroxyl groups is 1. The molecule has 4 aliphatic carbocycles. The van der Waals surface area contributed by atoms with E-state index in [1.165, 1.54) is 12.1 Å². The average Bonchev–Trinajstić information content (AvgIpc) is 3.39. The molecular formula is C42H59NO19S2. The van der Waals surface area contributed by atoms with Gasteiger partial charge in [-0.05, 0) is 114 Å². The van der Waals surface area contributed by atoms with Gasteiger partial charge in [-0.2, -0.15) is 13.3 Å². The quantitative estimate of drug-likeness (QED) is 0.0124. The predicted octanol–water partition coefficient (Wildman–Crippen LogP) is 3.90. The molecule has 5 fully saturated rings. The van der Waals surface area contributed by atoms with Crippen LogP contribution < -0.4 is 5.32 Å². The number of ether oxygens (including phenoxy) is 4. The molecular weight excluding hydrogens is 887 g/mol. The lowest BCUT2D eigenvalue weighted by Gasteiger charge is -2.62. The van der Waals surface area contributed by atoms with Crippen molar-refractivity contribution in [2.75, 3.05) is 13.2 Å². The number of hydrogen-bond donors (Lipinski definition) is 6. The smallest absolute Gasteiger partial charge is 0.397 e. The highest BCUT2D eigenvalue weighted by Gasteiger charge is 2.67. The van der Waals surface area contributed by atoms with E-state index in [0.717, 1.165) is 30.4 Å². The number of rotatable bonds is 20. The van der Waals surface area contributed by atoms with Crippen LogP contribution in [0.1, 0.15) is 90.5 Å². The molecule has 64 heavy (non-hydrogen) atoms.